The Labute approximate surface area is 48.9 Å². The van der Waals surface area contributed by atoms with E-state index in [0.717, 1.165) is 5.76 Å². The Morgan fingerprint density at radius 1 is 1.75 bits per heavy atom. The van der Waals surface area contributed by atoms with Gasteiger partial charge in [0.05, 0.1) is 13.3 Å². The summed E-state index contributed by atoms with van der Waals surface area (Å²) in [5.74, 6) is 0.854. The van der Waals surface area contributed by atoms with Gasteiger partial charge in [0.25, 0.3) is 0 Å². The molecular formula is C5H9N2O. The number of hydrogen-bond donors (Lipinski definition) is 1. The summed E-state index contributed by atoms with van der Waals surface area (Å²) in [4.78, 5) is 0. The molecule has 0 bridgehead atoms. The van der Waals surface area contributed by atoms with Crippen molar-refractivity contribution in [2.45, 2.75) is 0 Å². The summed E-state index contributed by atoms with van der Waals surface area (Å²) in [6.07, 6.45) is 1.79. The van der Waals surface area contributed by atoms with Gasteiger partial charge in [-0.1, -0.05) is 0 Å². The average molecular weight is 113 g/mol. The Morgan fingerprint density at radius 3 is 2.75 bits per heavy atom. The number of methoxy groups -OCH3 is 1. The molecule has 1 heterocycles. The van der Waals surface area contributed by atoms with Crippen LogP contribution in [0.5, 0.6) is 0 Å². The minimum atomic E-state index is 0.854. The number of ether oxygens (including phenoxy) is 1. The molecule has 1 radical (unpaired) electrons. The number of nitrogens with one attached hydrogen (secondary N) is 1. The van der Waals surface area contributed by atoms with E-state index < -0.39 is 0 Å². The van der Waals surface area contributed by atoms with Crippen LogP contribution < -0.4 is 5.43 Å². The molecule has 0 aromatic heterocycles. The fourth-order valence-corrected chi connectivity index (χ4v) is 0.542. The van der Waals surface area contributed by atoms with E-state index in [-0.39, 0.29) is 0 Å². The highest BCUT2D eigenvalue weighted by atomic mass is 16.5. The first-order chi connectivity index (χ1) is 3.83. The first-order valence-corrected chi connectivity index (χ1v) is 2.41. The molecule has 3 nitrogen and oxygen atoms in total. The summed E-state index contributed by atoms with van der Waals surface area (Å²) in [6.45, 7) is 1.86. The van der Waals surface area contributed by atoms with Crippen LogP contribution in [0, 0.1) is 6.54 Å². The second-order valence-electron chi connectivity index (χ2n) is 1.62. The summed E-state index contributed by atoms with van der Waals surface area (Å²) in [6, 6.07) is 0. The Balaban J connectivity index is 2.37. The van der Waals surface area contributed by atoms with E-state index in [1.54, 1.807) is 13.3 Å². The van der Waals surface area contributed by atoms with Crippen LogP contribution in [0.3, 0.4) is 0 Å². The fourth-order valence-electron chi connectivity index (χ4n) is 0.542. The molecule has 0 aromatic rings. The van der Waals surface area contributed by atoms with Gasteiger partial charge < -0.3 is 10.2 Å². The van der Waals surface area contributed by atoms with Crippen molar-refractivity contribution < 1.29 is 4.74 Å². The van der Waals surface area contributed by atoms with Crippen LogP contribution in [0.1, 0.15) is 0 Å². The van der Waals surface area contributed by atoms with Gasteiger partial charge in [0.15, 0.2) is 0 Å². The van der Waals surface area contributed by atoms with Crippen molar-refractivity contribution in [1.29, 1.82) is 0 Å². The molecule has 0 spiro atoms. The zero-order valence-electron chi connectivity index (χ0n) is 5.01. The number of rotatable bonds is 1. The molecule has 0 saturated carbocycles. The van der Waals surface area contributed by atoms with Gasteiger partial charge in [0.2, 0.25) is 0 Å². The van der Waals surface area contributed by atoms with Crippen molar-refractivity contribution in [2.75, 3.05) is 14.2 Å². The highest BCUT2D eigenvalue weighted by Gasteiger charge is 2.08. The van der Waals surface area contributed by atoms with Gasteiger partial charge in [-0.2, -0.15) is 0 Å². The van der Waals surface area contributed by atoms with Gasteiger partial charge in [-0.15, -0.1) is 0 Å². The van der Waals surface area contributed by atoms with Gasteiger partial charge in [-0.05, 0) is 0 Å². The Hall–Kier alpha value is -0.700. The molecule has 0 aromatic carbocycles. The minimum absolute atomic E-state index is 0.854. The van der Waals surface area contributed by atoms with Crippen LogP contribution in [-0.4, -0.2) is 19.2 Å². The molecule has 1 aliphatic rings. The Bertz CT molecular complexity index is 111. The van der Waals surface area contributed by atoms with Crippen molar-refractivity contribution in [1.82, 2.24) is 10.4 Å². The molecule has 1 N–H and O–H groups in total. The molecule has 1 rings (SSSR count). The van der Waals surface area contributed by atoms with Crippen LogP contribution in [0.25, 0.3) is 0 Å². The highest BCUT2D eigenvalue weighted by molar-refractivity contribution is 5.07. The minimum Gasteiger partial charge on any atom is -0.498 e. The molecule has 45 valence electrons. The third-order valence-corrected chi connectivity index (χ3v) is 0.967. The molecule has 3 heteroatoms. The van der Waals surface area contributed by atoms with Gasteiger partial charge in [-0.25, -0.2) is 5.01 Å². The predicted octanol–water partition coefficient (Wildman–Crippen LogP) is 0.0860. The summed E-state index contributed by atoms with van der Waals surface area (Å²) in [5, 5.41) is 1.82. The maximum Gasteiger partial charge on any atom is 0.134 e. The number of likely N-dealkylation sites (N-methyl/N-ethyl adjacent to an activating group) is 1. The Kier molecular flexibility index (Phi) is 1.39. The molecule has 1 aliphatic heterocycles. The highest BCUT2D eigenvalue weighted by Crippen LogP contribution is 2.06. The van der Waals surface area contributed by atoms with Gasteiger partial charge in [0.1, 0.15) is 12.3 Å². The molecule has 0 amide bonds. The van der Waals surface area contributed by atoms with E-state index in [0.29, 0.717) is 0 Å². The monoisotopic (exact) mass is 113 g/mol. The van der Waals surface area contributed by atoms with E-state index in [4.69, 9.17) is 4.74 Å². The van der Waals surface area contributed by atoms with E-state index in [1.165, 1.54) is 0 Å². The molecule has 0 fully saturated rings. The zero-order valence-corrected chi connectivity index (χ0v) is 5.01. The van der Waals surface area contributed by atoms with Crippen LogP contribution in [-0.2, 0) is 4.74 Å². The van der Waals surface area contributed by atoms with E-state index in [1.807, 2.05) is 18.6 Å². The smallest absolute Gasteiger partial charge is 0.134 e. The lowest BCUT2D eigenvalue weighted by Crippen LogP contribution is -2.21. The quantitative estimate of drug-likeness (QED) is 0.521. The Morgan fingerprint density at radius 2 is 2.50 bits per heavy atom. The number of hydrazine groups is 1. The first kappa shape index (κ1) is 5.44. The first-order valence-electron chi connectivity index (χ1n) is 2.41. The molecule has 0 aliphatic carbocycles. The molecule has 0 unspecified atom stereocenters. The lowest BCUT2D eigenvalue weighted by Gasteiger charge is -2.05. The maximum absolute atomic E-state index is 4.88. The normalized spacial score (nSPS) is 20.0. The standard InChI is InChI=1S/C5H9N2O/c1-7-4-5(8-2)3-6-7/h3-4,6H,1-2H3. The second kappa shape index (κ2) is 2.05. The molecule has 8 heavy (non-hydrogen) atoms. The summed E-state index contributed by atoms with van der Waals surface area (Å²) in [5.41, 5.74) is 2.91. The zero-order chi connectivity index (χ0) is 5.98. The summed E-state index contributed by atoms with van der Waals surface area (Å²) >= 11 is 0. The molecule has 0 atom stereocenters. The maximum atomic E-state index is 4.88. The van der Waals surface area contributed by atoms with Crippen molar-refractivity contribution >= 4 is 0 Å². The summed E-state index contributed by atoms with van der Waals surface area (Å²) in [7, 11) is 3.55. The van der Waals surface area contributed by atoms with E-state index in [2.05, 4.69) is 5.43 Å². The lowest BCUT2D eigenvalue weighted by atomic mass is 10.5. The SMILES string of the molecule is COC1=CNN(C)[CH]1. The average Bonchev–Trinajstić information content (AvgIpc) is 2.14. The second-order valence-corrected chi connectivity index (χ2v) is 1.62. The van der Waals surface area contributed by atoms with Crippen LogP contribution in [0.4, 0.5) is 0 Å². The van der Waals surface area contributed by atoms with Crippen LogP contribution in [0.15, 0.2) is 12.0 Å². The van der Waals surface area contributed by atoms with Gasteiger partial charge in [-0.3, -0.25) is 0 Å². The van der Waals surface area contributed by atoms with Crippen molar-refractivity contribution in [3.8, 4) is 0 Å². The van der Waals surface area contributed by atoms with Crippen molar-refractivity contribution in [3.05, 3.63) is 18.5 Å². The van der Waals surface area contributed by atoms with E-state index in [9.17, 15) is 0 Å². The van der Waals surface area contributed by atoms with E-state index >= 15 is 0 Å². The van der Waals surface area contributed by atoms with Crippen LogP contribution >= 0.6 is 0 Å². The third kappa shape index (κ3) is 0.924. The topological polar surface area (TPSA) is 24.5 Å². The predicted molar refractivity (Wildman–Crippen MR) is 30.3 cm³/mol. The third-order valence-electron chi connectivity index (χ3n) is 0.967. The molecule has 0 saturated heterocycles. The fraction of sp³-hybridized carbons (Fsp3) is 0.400. The molecular weight excluding hydrogens is 104 g/mol. The summed E-state index contributed by atoms with van der Waals surface area (Å²) < 4.78 is 4.88. The van der Waals surface area contributed by atoms with Crippen molar-refractivity contribution in [3.63, 3.8) is 0 Å². The lowest BCUT2D eigenvalue weighted by molar-refractivity contribution is 0.281. The largest absolute Gasteiger partial charge is 0.498 e. The number of nitrogens with zero attached hydrogens (tertiary/aromatic N) is 1. The van der Waals surface area contributed by atoms with Gasteiger partial charge in [0, 0.05) is 7.05 Å². The van der Waals surface area contributed by atoms with Crippen molar-refractivity contribution in [2.24, 2.45) is 0 Å². The number of hydrogen-bond acceptors (Lipinski definition) is 3. The van der Waals surface area contributed by atoms with Gasteiger partial charge >= 0.3 is 0 Å². The van der Waals surface area contributed by atoms with Crippen LogP contribution in [0.2, 0.25) is 0 Å².